The highest BCUT2D eigenvalue weighted by Gasteiger charge is 2.38. The Morgan fingerprint density at radius 1 is 0.464 bits per heavy atom. The van der Waals surface area contributed by atoms with Crippen LogP contribution < -0.4 is 0 Å². The number of rotatable bonds is 6. The lowest BCUT2D eigenvalue weighted by Crippen LogP contribution is -2.14. The number of pyridine rings is 1. The highest BCUT2D eigenvalue weighted by Crippen LogP contribution is 2.56. The van der Waals surface area contributed by atoms with Crippen molar-refractivity contribution in [3.63, 3.8) is 0 Å². The van der Waals surface area contributed by atoms with Gasteiger partial charge < -0.3 is 4.57 Å². The van der Waals surface area contributed by atoms with Gasteiger partial charge in [0.05, 0.1) is 33.3 Å². The van der Waals surface area contributed by atoms with Crippen molar-refractivity contribution in [2.75, 3.05) is 0 Å². The predicted molar refractivity (Wildman–Crippen MR) is 360 cm³/mol. The monoisotopic (exact) mass is 1130 g/mol. The number of allylic oxidation sites excluding steroid dienone is 7. The van der Waals surface area contributed by atoms with E-state index in [1.807, 2.05) is 22.7 Å². The van der Waals surface area contributed by atoms with E-state index in [9.17, 15) is 0 Å². The topological polar surface area (TPSA) is 27.7 Å². The van der Waals surface area contributed by atoms with Gasteiger partial charge in [-0.1, -0.05) is 206 Å². The molecular formula is C77H50N4S3. The molecule has 0 radical (unpaired) electrons. The molecular weight excluding hydrogens is 1080 g/mol. The van der Waals surface area contributed by atoms with Crippen molar-refractivity contribution in [2.45, 2.75) is 30.4 Å². The third-order valence-corrected chi connectivity index (χ3v) is 22.5. The van der Waals surface area contributed by atoms with Crippen LogP contribution in [0.5, 0.6) is 0 Å². The summed E-state index contributed by atoms with van der Waals surface area (Å²) >= 11 is 5.88. The Morgan fingerprint density at radius 2 is 1.02 bits per heavy atom. The van der Waals surface area contributed by atoms with E-state index in [4.69, 9.17) is 4.98 Å². The normalized spacial score (nSPS) is 17.6. The van der Waals surface area contributed by atoms with Crippen LogP contribution in [0.4, 0.5) is 0 Å². The van der Waals surface area contributed by atoms with Crippen LogP contribution in [0.15, 0.2) is 253 Å². The fourth-order valence-electron chi connectivity index (χ4n) is 15.2. The first-order chi connectivity index (χ1) is 41.7. The van der Waals surface area contributed by atoms with Gasteiger partial charge in [0.2, 0.25) is 0 Å². The van der Waals surface area contributed by atoms with Gasteiger partial charge in [-0.05, 0) is 66.3 Å². The van der Waals surface area contributed by atoms with E-state index in [-0.39, 0.29) is 5.92 Å². The molecule has 0 N–H and O–H groups in total. The molecule has 4 aliphatic rings. The summed E-state index contributed by atoms with van der Waals surface area (Å²) in [5.41, 5.74) is 17.5. The molecule has 3 atom stereocenters. The Morgan fingerprint density at radius 3 is 1.77 bits per heavy atom. The highest BCUT2D eigenvalue weighted by atomic mass is 32.2. The number of hydrogen-bond donors (Lipinski definition) is 0. The summed E-state index contributed by atoms with van der Waals surface area (Å²) in [7, 11) is 0. The molecule has 0 amide bonds. The molecule has 84 heavy (non-hydrogen) atoms. The molecule has 3 aliphatic carbocycles. The number of thioether (sulfide) groups is 1. The van der Waals surface area contributed by atoms with Crippen molar-refractivity contribution in [1.82, 2.24) is 18.7 Å². The summed E-state index contributed by atoms with van der Waals surface area (Å²) in [6.07, 6.45) is 19.5. The van der Waals surface area contributed by atoms with Crippen LogP contribution in [0.2, 0.25) is 0 Å². The van der Waals surface area contributed by atoms with Crippen LogP contribution >= 0.6 is 34.4 Å². The van der Waals surface area contributed by atoms with Crippen molar-refractivity contribution in [1.29, 1.82) is 0 Å². The molecule has 9 aromatic carbocycles. The molecule has 3 unspecified atom stereocenters. The lowest BCUT2D eigenvalue weighted by Gasteiger charge is -2.25. The Kier molecular flexibility index (Phi) is 10.2. The largest absolute Gasteiger partial charge is 0.308 e. The van der Waals surface area contributed by atoms with E-state index in [0.717, 1.165) is 53.1 Å². The molecule has 7 heterocycles. The third-order valence-electron chi connectivity index (χ3n) is 18.6. The first kappa shape index (κ1) is 47.3. The maximum absolute atomic E-state index is 6.16. The molecule has 0 bridgehead atoms. The molecule has 0 spiro atoms. The van der Waals surface area contributed by atoms with Crippen molar-refractivity contribution >= 4 is 141 Å². The van der Waals surface area contributed by atoms with E-state index in [2.05, 4.69) is 274 Å². The van der Waals surface area contributed by atoms with Gasteiger partial charge in [0.15, 0.2) is 0 Å². The SMILES string of the molecule is C1=CC2SC3=C(c4cccc5c6ccccc6n(-c6cc(-n7c8c(c9ccccc97)C=CCC8c7cccc8c7sc7ccccc78)nc(-n7c8ccccc8c8cccc(-c9cccc%10c9sc9ccccc9%10)c87)c6)c45)CCC=C3C2C=C1. The molecule has 7 heteroatoms. The zero-order valence-corrected chi connectivity index (χ0v) is 48.0. The maximum atomic E-state index is 6.16. The first-order valence-corrected chi connectivity index (χ1v) is 31.9. The fourth-order valence-corrected chi connectivity index (χ4v) is 19.2. The van der Waals surface area contributed by atoms with Gasteiger partial charge in [-0.3, -0.25) is 9.13 Å². The standard InChI is InChI=1S/C77H50N4S3/c1-7-37-64-46(19-1)52-25-13-28-55(61-34-16-31-58-49-22-4-10-40-67(49)82-75(58)61)72(52)79(64)45-43-70(80-65-38-8-2-20-47(65)53-26-14-29-56(73(53)80)62-35-17-32-59-50-23-5-11-41-68(50)83-76(59)62)78-71(44-45)81-66-39-9-3-21-48(66)54-27-15-30-57(74(54)81)63-36-18-33-60-51-24-6-12-42-69(51)84-77(60)63/h1-15,17-29,31-33,35-44,49,57,67H,16,30,34H2. The average Bonchev–Trinajstić information content (AvgIpc) is 2.03. The zero-order chi connectivity index (χ0) is 54.7. The number of aromatic nitrogens is 4. The number of fused-ring (bicyclic) bond motifs is 18. The Bertz CT molecular complexity index is 5550. The molecule has 0 saturated carbocycles. The van der Waals surface area contributed by atoms with Gasteiger partial charge in [0, 0.05) is 129 Å². The van der Waals surface area contributed by atoms with E-state index in [1.165, 1.54) is 128 Å². The predicted octanol–water partition coefficient (Wildman–Crippen LogP) is 21.5. The van der Waals surface area contributed by atoms with Crippen molar-refractivity contribution in [3.8, 4) is 28.5 Å². The Labute approximate surface area is 496 Å². The number of para-hydroxylation sites is 5. The van der Waals surface area contributed by atoms with Gasteiger partial charge in [0.1, 0.15) is 11.6 Å². The second-order valence-corrected chi connectivity index (χ2v) is 26.3. The molecule has 15 aromatic rings. The van der Waals surface area contributed by atoms with Gasteiger partial charge >= 0.3 is 0 Å². The molecule has 19 rings (SSSR count). The van der Waals surface area contributed by atoms with Crippen molar-refractivity contribution in [2.24, 2.45) is 5.92 Å². The third kappa shape index (κ3) is 6.68. The highest BCUT2D eigenvalue weighted by molar-refractivity contribution is 8.04. The summed E-state index contributed by atoms with van der Waals surface area (Å²) in [4.78, 5) is 7.62. The summed E-state index contributed by atoms with van der Waals surface area (Å²) in [5, 5.41) is 11.8. The van der Waals surface area contributed by atoms with Gasteiger partial charge in [-0.15, -0.1) is 34.4 Å². The smallest absolute Gasteiger partial charge is 0.142 e. The van der Waals surface area contributed by atoms with E-state index < -0.39 is 0 Å². The minimum atomic E-state index is 0.0591. The average molecular weight is 1130 g/mol. The molecule has 1 aliphatic heterocycles. The molecule has 1 fully saturated rings. The van der Waals surface area contributed by atoms with E-state index >= 15 is 0 Å². The lowest BCUT2D eigenvalue weighted by molar-refractivity contribution is 0.762. The van der Waals surface area contributed by atoms with Gasteiger partial charge in [-0.2, -0.15) is 0 Å². The maximum Gasteiger partial charge on any atom is 0.142 e. The Balaban J connectivity index is 0.941. The second-order valence-electron chi connectivity index (χ2n) is 23.0. The van der Waals surface area contributed by atoms with Gasteiger partial charge in [0.25, 0.3) is 0 Å². The van der Waals surface area contributed by atoms with Crippen molar-refractivity contribution < 1.29 is 0 Å². The second kappa shape index (κ2) is 18.1. The van der Waals surface area contributed by atoms with Crippen LogP contribution in [-0.4, -0.2) is 23.9 Å². The first-order valence-electron chi connectivity index (χ1n) is 29.3. The van der Waals surface area contributed by atoms with Crippen LogP contribution in [0.3, 0.4) is 0 Å². The minimum absolute atomic E-state index is 0.0591. The fraction of sp³-hybridized carbons (Fsp3) is 0.0779. The van der Waals surface area contributed by atoms with Crippen LogP contribution in [-0.2, 0) is 0 Å². The summed E-state index contributed by atoms with van der Waals surface area (Å²) in [6.45, 7) is 0. The molecule has 6 aromatic heterocycles. The van der Waals surface area contributed by atoms with E-state index in [1.54, 1.807) is 0 Å². The quantitative estimate of drug-likeness (QED) is 0.166. The van der Waals surface area contributed by atoms with Gasteiger partial charge in [-0.25, -0.2) is 4.98 Å². The molecule has 1 saturated heterocycles. The van der Waals surface area contributed by atoms with Crippen LogP contribution in [0.25, 0.3) is 135 Å². The number of nitrogens with zero attached hydrogens (tertiary/aromatic N) is 4. The summed E-state index contributed by atoms with van der Waals surface area (Å²) in [6, 6.07) is 77.6. The van der Waals surface area contributed by atoms with Crippen LogP contribution in [0.1, 0.15) is 47.6 Å². The van der Waals surface area contributed by atoms with E-state index in [0.29, 0.717) is 11.2 Å². The summed E-state index contributed by atoms with van der Waals surface area (Å²) in [5.74, 6) is 2.22. The minimum Gasteiger partial charge on any atom is -0.308 e. The number of thiophene rings is 2. The number of benzene rings is 9. The molecule has 4 nitrogen and oxygen atoms in total. The molecule has 396 valence electrons. The van der Waals surface area contributed by atoms with Crippen molar-refractivity contribution in [3.05, 3.63) is 276 Å². The summed E-state index contributed by atoms with van der Waals surface area (Å²) < 4.78 is 12.9. The van der Waals surface area contributed by atoms with Crippen LogP contribution in [0, 0.1) is 5.92 Å². The lowest BCUT2D eigenvalue weighted by atomic mass is 9.84. The number of hydrogen-bond acceptors (Lipinski definition) is 4. The zero-order valence-electron chi connectivity index (χ0n) is 45.5. The Hall–Kier alpha value is -9.24.